The maximum Gasteiger partial charge on any atom is 0.274 e. The summed E-state index contributed by atoms with van der Waals surface area (Å²) in [6.45, 7) is 25.8. The van der Waals surface area contributed by atoms with E-state index in [-0.39, 0.29) is 66.5 Å². The first-order chi connectivity index (χ1) is 61.6. The first kappa shape index (κ1) is 90.3. The summed E-state index contributed by atoms with van der Waals surface area (Å²) in [6.07, 6.45) is 16.2. The lowest BCUT2D eigenvalue weighted by Crippen LogP contribution is -2.47. The molecule has 4 aliphatic carbocycles. The molecular weight excluding hydrogens is 1720 g/mol. The maximum absolute atomic E-state index is 14.1. The number of likely N-dealkylation sites (N-methyl/N-ethyl adjacent to an activating group) is 1. The van der Waals surface area contributed by atoms with Crippen molar-refractivity contribution in [1.29, 1.82) is 0 Å². The molecule has 32 heteroatoms. The number of nitrogens with zero attached hydrogens (tertiary/aromatic N) is 11. The number of aromatic amines is 2. The summed E-state index contributed by atoms with van der Waals surface area (Å²) in [4.78, 5) is 82.5. The second-order valence-corrected chi connectivity index (χ2v) is 42.4. The molecule has 0 unspecified atom stereocenters. The number of H-pyrrole nitrogens is 2. The number of aromatic nitrogens is 4. The van der Waals surface area contributed by atoms with Gasteiger partial charge in [-0.15, -0.1) is 0 Å². The highest BCUT2D eigenvalue weighted by Gasteiger charge is 2.40. The average molecular weight is 1830 g/mol. The maximum atomic E-state index is 14.1. The first-order valence-electron chi connectivity index (χ1n) is 44.6. The number of carbonyl (C=O) groups is 2. The number of likely N-dealkylation sites (tertiary alicyclic amines) is 1. The number of hydrogen-bond acceptors (Lipinski definition) is 22. The molecule has 2 atom stereocenters. The van der Waals surface area contributed by atoms with Crippen LogP contribution in [0.1, 0.15) is 140 Å². The fraction of sp³-hybridized carbons (Fsp3) is 0.423. The van der Waals surface area contributed by atoms with Crippen LogP contribution in [0, 0.1) is 42.9 Å². The van der Waals surface area contributed by atoms with Crippen LogP contribution >= 0.6 is 23.2 Å². The molecule has 4 fully saturated rings. The van der Waals surface area contributed by atoms with E-state index in [0.29, 0.717) is 90.1 Å². The highest BCUT2D eigenvalue weighted by molar-refractivity contribution is 7.90. The summed E-state index contributed by atoms with van der Waals surface area (Å²) < 4.78 is 73.2. The number of hydrogen-bond donors (Lipinski definition) is 5. The molecule has 28 nitrogen and oxygen atoms in total. The van der Waals surface area contributed by atoms with Gasteiger partial charge in [0.15, 0.2) is 0 Å². The smallest absolute Gasteiger partial charge is 0.274 e. The molecule has 10 aromatic rings. The molecule has 8 heterocycles. The number of aliphatic hydroxyl groups is 1. The third-order valence-electron chi connectivity index (χ3n) is 27.3. The topological polar surface area (TPSA) is 331 Å². The third-order valence-corrected chi connectivity index (χ3v) is 30.4. The number of ether oxygens (including phenoxy) is 2. The minimum Gasteiger partial charge on any atom is -0.455 e. The number of rotatable bonds is 24. The SMILES string of the molecule is CC1(C)CCC(CN2CCN(c3ccc(C(=O)NS(=O)(=O)c4cc5c(c([N+](=O)[O-])c4)C[C@H](CN4CCC(C)(O)CC4)C5)c(Oc4cnc5[nH]ccc5c4)c3)CC2)=C(c2ccc(Cl)cc2)C1.CN1CCN(C[C@@H]2Cc3cc(S(=O)(=O)NC(=O)c4ccc(N5CCN(CC6=C(c7ccc(Cl)cc7)CC(C)(C)CC6)CC5)cc4Oc4cnc5[nH]ccc5c4)cc([N+](=O)[O-])c3C2)CC1. The highest BCUT2D eigenvalue weighted by Crippen LogP contribution is 2.47. The summed E-state index contributed by atoms with van der Waals surface area (Å²) in [7, 11) is -7.02. The quantitative estimate of drug-likeness (QED) is 0.0277. The number of pyridine rings is 2. The summed E-state index contributed by atoms with van der Waals surface area (Å²) in [5, 5.41) is 38.2. The van der Waals surface area contributed by atoms with Gasteiger partial charge in [-0.3, -0.25) is 39.6 Å². The van der Waals surface area contributed by atoms with E-state index >= 15 is 0 Å². The number of nitro groups is 2. The van der Waals surface area contributed by atoms with Crippen molar-refractivity contribution in [1.82, 2.24) is 53.9 Å². The molecular formula is C97H111Cl2N15O13S2. The number of anilines is 2. The molecule has 129 heavy (non-hydrogen) atoms. The molecule has 2 amide bonds. The number of nitrogens with one attached hydrogen (secondary N) is 4. The summed E-state index contributed by atoms with van der Waals surface area (Å²) in [6, 6.07) is 39.0. The van der Waals surface area contributed by atoms with Gasteiger partial charge in [-0.25, -0.2) is 36.2 Å². The van der Waals surface area contributed by atoms with E-state index in [1.807, 2.05) is 49.4 Å². The lowest BCUT2D eigenvalue weighted by Gasteiger charge is -2.39. The van der Waals surface area contributed by atoms with Crippen molar-refractivity contribution in [2.24, 2.45) is 22.7 Å². The minimum atomic E-state index is -4.57. The Hall–Kier alpha value is -10.6. The Kier molecular flexibility index (Phi) is 26.1. The van der Waals surface area contributed by atoms with Crippen LogP contribution in [0.5, 0.6) is 23.0 Å². The Morgan fingerprint density at radius 2 is 0.899 bits per heavy atom. The van der Waals surface area contributed by atoms with Crippen molar-refractivity contribution in [3.05, 3.63) is 244 Å². The van der Waals surface area contributed by atoms with Crippen LogP contribution in [0.15, 0.2) is 179 Å². The Labute approximate surface area is 762 Å². The average Bonchev–Trinajstić information content (AvgIpc) is 1.67. The molecule has 0 spiro atoms. The van der Waals surface area contributed by atoms with E-state index in [1.54, 1.807) is 61.1 Å². The van der Waals surface area contributed by atoms with Crippen LogP contribution in [0.2, 0.25) is 10.0 Å². The second kappa shape index (κ2) is 37.3. The molecule has 0 bridgehead atoms. The highest BCUT2D eigenvalue weighted by atomic mass is 35.5. The van der Waals surface area contributed by atoms with Crippen molar-refractivity contribution in [3.8, 4) is 23.0 Å². The van der Waals surface area contributed by atoms with Gasteiger partial charge in [0.05, 0.1) is 48.8 Å². The molecule has 4 saturated heterocycles. The van der Waals surface area contributed by atoms with Crippen LogP contribution in [0.3, 0.4) is 0 Å². The third kappa shape index (κ3) is 21.2. The number of nitro benzene ring substituents is 2. The normalized spacial score (nSPS) is 20.0. The first-order valence-corrected chi connectivity index (χ1v) is 48.3. The number of carbonyl (C=O) groups excluding carboxylic acids is 2. The van der Waals surface area contributed by atoms with Crippen LogP contribution in [0.25, 0.3) is 33.2 Å². The lowest BCUT2D eigenvalue weighted by molar-refractivity contribution is -0.385. The van der Waals surface area contributed by atoms with Crippen LogP contribution in [0.4, 0.5) is 22.7 Å². The monoisotopic (exact) mass is 1830 g/mol. The van der Waals surface area contributed by atoms with Crippen LogP contribution < -0.4 is 28.7 Å². The van der Waals surface area contributed by atoms with Crippen molar-refractivity contribution < 1.29 is 50.9 Å². The zero-order chi connectivity index (χ0) is 90.4. The number of allylic oxidation sites excluding steroid dienone is 2. The Bertz CT molecular complexity index is 6240. The molecule has 0 radical (unpaired) electrons. The number of benzene rings is 6. The second-order valence-electron chi connectivity index (χ2n) is 38.1. The van der Waals surface area contributed by atoms with Crippen molar-refractivity contribution >= 4 is 111 Å². The van der Waals surface area contributed by atoms with E-state index in [4.69, 9.17) is 32.7 Å². The van der Waals surface area contributed by atoms with Crippen molar-refractivity contribution in [2.45, 2.75) is 127 Å². The molecule has 678 valence electrons. The predicted octanol–water partition coefficient (Wildman–Crippen LogP) is 16.2. The number of sulfonamides is 2. The van der Waals surface area contributed by atoms with Crippen molar-refractivity contribution in [3.63, 3.8) is 0 Å². The fourth-order valence-electron chi connectivity index (χ4n) is 19.9. The van der Waals surface area contributed by atoms with Crippen molar-refractivity contribution in [2.75, 3.05) is 135 Å². The predicted molar refractivity (Wildman–Crippen MR) is 502 cm³/mol. The van der Waals surface area contributed by atoms with Gasteiger partial charge in [0.2, 0.25) is 0 Å². The number of piperidine rings is 1. The van der Waals surface area contributed by atoms with Gasteiger partial charge >= 0.3 is 0 Å². The lowest BCUT2D eigenvalue weighted by atomic mass is 9.72. The summed E-state index contributed by atoms with van der Waals surface area (Å²) in [5.74, 6) is -0.663. The number of fused-ring (bicyclic) bond motifs is 4. The Morgan fingerprint density at radius 1 is 0.504 bits per heavy atom. The fourth-order valence-corrected chi connectivity index (χ4v) is 22.2. The zero-order valence-electron chi connectivity index (χ0n) is 73.7. The summed E-state index contributed by atoms with van der Waals surface area (Å²) in [5.41, 5.74) is 12.7. The Morgan fingerprint density at radius 3 is 1.30 bits per heavy atom. The van der Waals surface area contributed by atoms with Crippen LogP contribution in [-0.2, 0) is 45.7 Å². The van der Waals surface area contributed by atoms with Gasteiger partial charge in [0, 0.05) is 198 Å². The van der Waals surface area contributed by atoms with Gasteiger partial charge in [-0.05, 0) is 232 Å². The number of piperazine rings is 3. The molecule has 5 N–H and O–H groups in total. The van der Waals surface area contributed by atoms with Gasteiger partial charge in [-0.1, -0.05) is 86.3 Å². The van der Waals surface area contributed by atoms with E-state index in [1.165, 1.54) is 51.7 Å². The standard InChI is InChI=1S/C49H56ClN7O7S.C48H55ClN8O6S/c1-48(2)12-10-35(43(28-48)33-4-6-37(50)7-5-33)31-55-18-20-56(21-19-55)38-8-9-41(45(26-38)64-39-24-34-11-15-51-46(34)52-29-39)47(58)53-65(62,63)40-25-36-22-32(23-42(36)44(27-40)57(60)61)30-54-16-13-49(3,59)14-17-54;1-48(2)12-10-35(43(28-48)33-4-6-37(49)7-5-33)31-55-18-20-56(21-19-55)38-8-9-41(45(26-38)63-39-24-34-11-13-50-46(34)51-29-39)47(58)52-64(61,62)40-25-36-22-32(23-42(36)44(27-40)57(59)60)30-54-16-14-53(3)15-17-54/h4-9,11,15,24-27,29,32,59H,10,12-14,16-23,28,30-31H2,1-3H3,(H,51,52)(H,53,58);4-9,11,13,24-27,29,32H,10,12,14-23,28,30-31H2,1-3H3,(H,50,51)(H,52,58)/t2*32-/m11/s1. The Balaban J connectivity index is 0.000000181. The van der Waals surface area contributed by atoms with E-state index in [0.717, 1.165) is 194 Å². The van der Waals surface area contributed by atoms with E-state index in [2.05, 4.69) is 123 Å². The molecule has 0 saturated carbocycles. The molecule has 6 aromatic carbocycles. The minimum absolute atomic E-state index is 0.00934. The number of amides is 2. The molecule has 8 aliphatic rings. The van der Waals surface area contributed by atoms with Crippen LogP contribution in [-0.4, -0.2) is 218 Å². The van der Waals surface area contributed by atoms with Gasteiger partial charge < -0.3 is 49.0 Å². The van der Waals surface area contributed by atoms with E-state index in [9.17, 15) is 51.8 Å². The zero-order valence-corrected chi connectivity index (χ0v) is 76.9. The van der Waals surface area contributed by atoms with Gasteiger partial charge in [0.1, 0.15) is 34.3 Å². The number of halogens is 2. The molecule has 4 aromatic heterocycles. The van der Waals surface area contributed by atoms with Gasteiger partial charge in [-0.2, -0.15) is 0 Å². The largest absolute Gasteiger partial charge is 0.455 e. The van der Waals surface area contributed by atoms with E-state index < -0.39 is 47.3 Å². The van der Waals surface area contributed by atoms with Gasteiger partial charge in [0.25, 0.3) is 43.2 Å². The molecule has 18 rings (SSSR count). The molecule has 4 aliphatic heterocycles. The summed E-state index contributed by atoms with van der Waals surface area (Å²) >= 11 is 12.5.